The molecule has 3 rings (SSSR count). The molecule has 0 fully saturated rings. The van der Waals surface area contributed by atoms with E-state index in [1.165, 1.54) is 18.2 Å². The van der Waals surface area contributed by atoms with Gasteiger partial charge in [0.2, 0.25) is 0 Å². The standard InChI is InChI=1S/C15H16FN5O/c16-13-4-1-3-12-14(22)7-11(20-15(12)13)8-17-5-2-6-21-9-18-19-10-21/h1,3-4,7,9-10,17H,2,5-6,8H2,(H,20,22). The van der Waals surface area contributed by atoms with Crippen LogP contribution in [0, 0.1) is 5.82 Å². The summed E-state index contributed by atoms with van der Waals surface area (Å²) >= 11 is 0. The molecule has 2 N–H and O–H groups in total. The van der Waals surface area contributed by atoms with E-state index >= 15 is 0 Å². The summed E-state index contributed by atoms with van der Waals surface area (Å²) in [5.74, 6) is -0.413. The molecule has 0 radical (unpaired) electrons. The van der Waals surface area contributed by atoms with Gasteiger partial charge >= 0.3 is 0 Å². The van der Waals surface area contributed by atoms with Crippen LogP contribution < -0.4 is 10.7 Å². The van der Waals surface area contributed by atoms with Crippen LogP contribution in [-0.2, 0) is 13.1 Å². The van der Waals surface area contributed by atoms with Gasteiger partial charge < -0.3 is 14.9 Å². The minimum atomic E-state index is -0.413. The molecule has 0 aliphatic heterocycles. The molecule has 0 atom stereocenters. The summed E-state index contributed by atoms with van der Waals surface area (Å²) in [5.41, 5.74) is 0.762. The number of benzene rings is 1. The van der Waals surface area contributed by atoms with Crippen LogP contribution >= 0.6 is 0 Å². The number of hydrogen-bond acceptors (Lipinski definition) is 4. The zero-order chi connectivity index (χ0) is 15.4. The molecule has 1 aromatic carbocycles. The molecule has 0 unspecified atom stereocenters. The molecular weight excluding hydrogens is 285 g/mol. The third kappa shape index (κ3) is 3.20. The summed E-state index contributed by atoms with van der Waals surface area (Å²) < 4.78 is 15.6. The van der Waals surface area contributed by atoms with E-state index < -0.39 is 5.82 Å². The van der Waals surface area contributed by atoms with Gasteiger partial charge in [-0.25, -0.2) is 4.39 Å². The second-order valence-corrected chi connectivity index (χ2v) is 5.05. The number of nitrogens with one attached hydrogen (secondary N) is 2. The first-order chi connectivity index (χ1) is 10.7. The van der Waals surface area contributed by atoms with Crippen LogP contribution in [0.15, 0.2) is 41.7 Å². The van der Waals surface area contributed by atoms with E-state index in [1.807, 2.05) is 4.57 Å². The number of aryl methyl sites for hydroxylation is 1. The highest BCUT2D eigenvalue weighted by Gasteiger charge is 2.05. The Morgan fingerprint density at radius 3 is 2.91 bits per heavy atom. The Kier molecular flexibility index (Phi) is 4.24. The summed E-state index contributed by atoms with van der Waals surface area (Å²) in [6.07, 6.45) is 4.25. The Balaban J connectivity index is 1.60. The molecule has 2 aromatic heterocycles. The van der Waals surface area contributed by atoms with Gasteiger partial charge in [0, 0.05) is 30.2 Å². The molecule has 0 saturated carbocycles. The topological polar surface area (TPSA) is 75.6 Å². The zero-order valence-corrected chi connectivity index (χ0v) is 11.9. The SMILES string of the molecule is O=c1cc(CNCCCn2cnnc2)[nH]c2c(F)cccc12. The molecule has 7 heteroatoms. The normalized spacial score (nSPS) is 11.1. The highest BCUT2D eigenvalue weighted by Crippen LogP contribution is 2.12. The number of para-hydroxylation sites is 1. The molecule has 0 spiro atoms. The smallest absolute Gasteiger partial charge is 0.189 e. The van der Waals surface area contributed by atoms with Crippen LogP contribution in [0.1, 0.15) is 12.1 Å². The van der Waals surface area contributed by atoms with Crippen molar-refractivity contribution in [3.63, 3.8) is 0 Å². The van der Waals surface area contributed by atoms with Crippen molar-refractivity contribution < 1.29 is 4.39 Å². The molecule has 0 amide bonds. The molecule has 0 aliphatic rings. The van der Waals surface area contributed by atoms with Crippen molar-refractivity contribution in [1.29, 1.82) is 0 Å². The number of hydrogen-bond donors (Lipinski definition) is 2. The predicted molar refractivity (Wildman–Crippen MR) is 80.9 cm³/mol. The first-order valence-corrected chi connectivity index (χ1v) is 7.07. The van der Waals surface area contributed by atoms with Crippen LogP contribution in [0.4, 0.5) is 4.39 Å². The van der Waals surface area contributed by atoms with Crippen molar-refractivity contribution >= 4 is 10.9 Å². The van der Waals surface area contributed by atoms with Crippen LogP contribution in [0.5, 0.6) is 0 Å². The first-order valence-electron chi connectivity index (χ1n) is 7.07. The van der Waals surface area contributed by atoms with E-state index in [2.05, 4.69) is 20.5 Å². The number of aromatic amines is 1. The molecule has 6 nitrogen and oxygen atoms in total. The lowest BCUT2D eigenvalue weighted by Crippen LogP contribution is -2.18. The van der Waals surface area contributed by atoms with E-state index in [1.54, 1.807) is 18.7 Å². The molecule has 0 bridgehead atoms. The van der Waals surface area contributed by atoms with Gasteiger partial charge in [0.05, 0.1) is 5.52 Å². The van der Waals surface area contributed by atoms with Crippen molar-refractivity contribution in [2.75, 3.05) is 6.54 Å². The number of H-pyrrole nitrogens is 1. The van der Waals surface area contributed by atoms with Crippen molar-refractivity contribution in [1.82, 2.24) is 25.1 Å². The average Bonchev–Trinajstić information content (AvgIpc) is 3.01. The Bertz CT molecular complexity index is 812. The zero-order valence-electron chi connectivity index (χ0n) is 11.9. The number of fused-ring (bicyclic) bond motifs is 1. The Hall–Kier alpha value is -2.54. The highest BCUT2D eigenvalue weighted by atomic mass is 19.1. The Morgan fingerprint density at radius 1 is 1.27 bits per heavy atom. The van der Waals surface area contributed by atoms with Gasteiger partial charge in [0.15, 0.2) is 5.43 Å². The number of nitrogens with zero attached hydrogens (tertiary/aromatic N) is 3. The minimum Gasteiger partial charge on any atom is -0.355 e. The van der Waals surface area contributed by atoms with E-state index in [-0.39, 0.29) is 10.9 Å². The number of aromatic nitrogens is 4. The van der Waals surface area contributed by atoms with E-state index in [9.17, 15) is 9.18 Å². The quantitative estimate of drug-likeness (QED) is 0.676. The summed E-state index contributed by atoms with van der Waals surface area (Å²) in [6.45, 7) is 2.08. The minimum absolute atomic E-state index is 0.172. The molecule has 3 aromatic rings. The van der Waals surface area contributed by atoms with E-state index in [4.69, 9.17) is 0 Å². The maximum atomic E-state index is 13.7. The third-order valence-electron chi connectivity index (χ3n) is 3.42. The van der Waals surface area contributed by atoms with Gasteiger partial charge in [-0.3, -0.25) is 4.79 Å². The number of halogens is 1. The predicted octanol–water partition coefficient (Wildman–Crippen LogP) is 1.44. The van der Waals surface area contributed by atoms with Crippen molar-refractivity contribution in [3.8, 4) is 0 Å². The highest BCUT2D eigenvalue weighted by molar-refractivity contribution is 5.78. The van der Waals surface area contributed by atoms with Crippen molar-refractivity contribution in [2.45, 2.75) is 19.5 Å². The second-order valence-electron chi connectivity index (χ2n) is 5.05. The lowest BCUT2D eigenvalue weighted by atomic mass is 10.2. The van der Waals surface area contributed by atoms with Crippen molar-refractivity contribution in [2.24, 2.45) is 0 Å². The second kappa shape index (κ2) is 6.48. The summed E-state index contributed by atoms with van der Waals surface area (Å²) in [6, 6.07) is 6.01. The van der Waals surface area contributed by atoms with Gasteiger partial charge in [0.1, 0.15) is 18.5 Å². The fraction of sp³-hybridized carbons (Fsp3) is 0.267. The van der Waals surface area contributed by atoms with Crippen LogP contribution in [0.3, 0.4) is 0 Å². The average molecular weight is 301 g/mol. The molecular formula is C15H16FN5O. The molecule has 2 heterocycles. The molecule has 114 valence electrons. The fourth-order valence-corrected chi connectivity index (χ4v) is 2.33. The van der Waals surface area contributed by atoms with E-state index in [0.29, 0.717) is 17.6 Å². The Labute approximate surface area is 126 Å². The maximum Gasteiger partial charge on any atom is 0.189 e. The van der Waals surface area contributed by atoms with Crippen LogP contribution in [0.2, 0.25) is 0 Å². The van der Waals surface area contributed by atoms with Crippen LogP contribution in [-0.4, -0.2) is 26.3 Å². The number of pyridine rings is 1. The summed E-state index contributed by atoms with van der Waals surface area (Å²) in [7, 11) is 0. The fourth-order valence-electron chi connectivity index (χ4n) is 2.33. The van der Waals surface area contributed by atoms with Gasteiger partial charge in [-0.1, -0.05) is 6.07 Å². The van der Waals surface area contributed by atoms with Gasteiger partial charge in [-0.05, 0) is 25.1 Å². The lowest BCUT2D eigenvalue weighted by molar-refractivity contribution is 0.576. The summed E-state index contributed by atoms with van der Waals surface area (Å²) in [4.78, 5) is 14.9. The number of rotatable bonds is 6. The Morgan fingerprint density at radius 2 is 2.09 bits per heavy atom. The maximum absolute atomic E-state index is 13.7. The van der Waals surface area contributed by atoms with Gasteiger partial charge in [-0.2, -0.15) is 0 Å². The van der Waals surface area contributed by atoms with Crippen molar-refractivity contribution in [3.05, 3.63) is 58.7 Å². The lowest BCUT2D eigenvalue weighted by Gasteiger charge is -2.07. The van der Waals surface area contributed by atoms with Gasteiger partial charge in [0.25, 0.3) is 0 Å². The third-order valence-corrected chi connectivity index (χ3v) is 3.42. The largest absolute Gasteiger partial charge is 0.355 e. The van der Waals surface area contributed by atoms with Crippen LogP contribution in [0.25, 0.3) is 10.9 Å². The summed E-state index contributed by atoms with van der Waals surface area (Å²) in [5, 5.41) is 11.1. The van der Waals surface area contributed by atoms with E-state index in [0.717, 1.165) is 19.5 Å². The monoisotopic (exact) mass is 301 g/mol. The molecule has 0 saturated heterocycles. The first kappa shape index (κ1) is 14.4. The molecule has 0 aliphatic carbocycles. The van der Waals surface area contributed by atoms with Gasteiger partial charge in [-0.15, -0.1) is 10.2 Å². The molecule has 22 heavy (non-hydrogen) atoms.